The molecule has 1 N–H and O–H groups in total. The lowest BCUT2D eigenvalue weighted by Crippen LogP contribution is -2.01. The maximum atomic E-state index is 5.75. The maximum absolute atomic E-state index is 5.75. The molecule has 0 bridgehead atoms. The summed E-state index contributed by atoms with van der Waals surface area (Å²) in [5, 5.41) is 6.99. The van der Waals surface area contributed by atoms with Crippen LogP contribution in [-0.2, 0) is 6.54 Å². The number of rotatable bonds is 5. The van der Waals surface area contributed by atoms with E-state index in [4.69, 9.17) is 16.3 Å². The van der Waals surface area contributed by atoms with Gasteiger partial charge in [-0.2, -0.15) is 20.1 Å². The molecule has 2 rings (SSSR count). The molecule has 0 radical (unpaired) electrons. The number of anilines is 1. The van der Waals surface area contributed by atoms with Gasteiger partial charge in [0.1, 0.15) is 0 Å². The Balaban J connectivity index is 2.14. The van der Waals surface area contributed by atoms with Crippen molar-refractivity contribution in [1.29, 1.82) is 0 Å². The second-order valence-electron chi connectivity index (χ2n) is 3.50. The van der Waals surface area contributed by atoms with Crippen LogP contribution >= 0.6 is 11.6 Å². The highest BCUT2D eigenvalue weighted by Gasteiger charge is 2.07. The molecule has 8 heteroatoms. The molecule has 96 valence electrons. The molecule has 7 nitrogen and oxygen atoms in total. The fraction of sp³-hybridized carbons (Fsp3) is 0.400. The lowest BCUT2D eigenvalue weighted by molar-refractivity contribution is 0.439. The van der Waals surface area contributed by atoms with Crippen LogP contribution in [-0.4, -0.2) is 31.8 Å². The van der Waals surface area contributed by atoms with Crippen LogP contribution in [0.1, 0.15) is 13.3 Å². The number of hydrogen-bond acceptors (Lipinski definition) is 6. The van der Waals surface area contributed by atoms with Gasteiger partial charge in [-0.05, 0) is 18.0 Å². The highest BCUT2D eigenvalue weighted by molar-refractivity contribution is 6.28. The van der Waals surface area contributed by atoms with E-state index in [-0.39, 0.29) is 11.3 Å². The quantitative estimate of drug-likeness (QED) is 0.893. The number of ether oxygens (including phenoxy) is 1. The SMILES string of the molecule is CCCn1cc(Oc2nc(Cl)nc(NC)n2)cn1. The largest absolute Gasteiger partial charge is 0.421 e. The predicted octanol–water partition coefficient (Wildman–Crippen LogP) is 1.97. The zero-order valence-electron chi connectivity index (χ0n) is 10.1. The van der Waals surface area contributed by atoms with Crippen molar-refractivity contribution in [2.45, 2.75) is 19.9 Å². The van der Waals surface area contributed by atoms with Gasteiger partial charge in [0.05, 0.1) is 12.4 Å². The van der Waals surface area contributed by atoms with E-state index in [1.54, 1.807) is 24.1 Å². The number of halogens is 1. The van der Waals surface area contributed by atoms with Gasteiger partial charge in [0.15, 0.2) is 5.75 Å². The maximum Gasteiger partial charge on any atom is 0.328 e. The third-order valence-corrected chi connectivity index (χ3v) is 2.25. The van der Waals surface area contributed by atoms with Gasteiger partial charge in [-0.1, -0.05) is 6.92 Å². The summed E-state index contributed by atoms with van der Waals surface area (Å²) in [5.74, 6) is 0.915. The average molecular weight is 269 g/mol. The van der Waals surface area contributed by atoms with Crippen molar-refractivity contribution in [1.82, 2.24) is 24.7 Å². The molecule has 0 aromatic carbocycles. The lowest BCUT2D eigenvalue weighted by Gasteiger charge is -2.03. The molecule has 0 aliphatic carbocycles. The summed E-state index contributed by atoms with van der Waals surface area (Å²) in [6.07, 6.45) is 4.38. The van der Waals surface area contributed by atoms with Crippen LogP contribution in [0.5, 0.6) is 11.8 Å². The Morgan fingerprint density at radius 1 is 1.39 bits per heavy atom. The molecule has 2 aromatic rings. The number of nitrogens with one attached hydrogen (secondary N) is 1. The minimum absolute atomic E-state index is 0.0744. The summed E-state index contributed by atoms with van der Waals surface area (Å²) < 4.78 is 7.25. The van der Waals surface area contributed by atoms with Crippen molar-refractivity contribution in [2.75, 3.05) is 12.4 Å². The van der Waals surface area contributed by atoms with Gasteiger partial charge in [-0.25, -0.2) is 0 Å². The summed E-state index contributed by atoms with van der Waals surface area (Å²) >= 11 is 5.75. The van der Waals surface area contributed by atoms with Crippen molar-refractivity contribution in [3.63, 3.8) is 0 Å². The van der Waals surface area contributed by atoms with E-state index in [2.05, 4.69) is 32.3 Å². The van der Waals surface area contributed by atoms with Crippen LogP contribution in [0.4, 0.5) is 5.95 Å². The molecule has 0 amide bonds. The minimum Gasteiger partial charge on any atom is -0.421 e. The second kappa shape index (κ2) is 5.63. The van der Waals surface area contributed by atoms with E-state index in [1.165, 1.54) is 0 Å². The molecule has 0 spiro atoms. The summed E-state index contributed by atoms with van der Waals surface area (Å²) in [7, 11) is 1.69. The fourth-order valence-corrected chi connectivity index (χ4v) is 1.50. The standard InChI is InChI=1S/C10H13ClN6O/c1-3-4-17-6-7(5-13-17)18-10-15-8(11)14-9(12-2)16-10/h5-6H,3-4H2,1-2H3,(H,12,14,15,16). The highest BCUT2D eigenvalue weighted by Crippen LogP contribution is 2.19. The fourth-order valence-electron chi connectivity index (χ4n) is 1.34. The third kappa shape index (κ3) is 3.07. The summed E-state index contributed by atoms with van der Waals surface area (Å²) in [6, 6.07) is 0.135. The van der Waals surface area contributed by atoms with E-state index in [0.29, 0.717) is 11.7 Å². The molecule has 0 aliphatic heterocycles. The van der Waals surface area contributed by atoms with Crippen LogP contribution in [0.25, 0.3) is 0 Å². The zero-order valence-corrected chi connectivity index (χ0v) is 10.8. The Morgan fingerprint density at radius 2 is 2.22 bits per heavy atom. The third-order valence-electron chi connectivity index (χ3n) is 2.08. The molecular weight excluding hydrogens is 256 g/mol. The van der Waals surface area contributed by atoms with Crippen molar-refractivity contribution in [3.05, 3.63) is 17.7 Å². The summed E-state index contributed by atoms with van der Waals surface area (Å²) in [6.45, 7) is 2.91. The Kier molecular flexibility index (Phi) is 3.93. The van der Waals surface area contributed by atoms with Crippen molar-refractivity contribution in [2.24, 2.45) is 0 Å². The normalized spacial score (nSPS) is 10.4. The number of nitrogens with zero attached hydrogens (tertiary/aromatic N) is 5. The number of hydrogen-bond donors (Lipinski definition) is 1. The van der Waals surface area contributed by atoms with Crippen LogP contribution < -0.4 is 10.1 Å². The van der Waals surface area contributed by atoms with Crippen molar-refractivity contribution < 1.29 is 4.74 Å². The molecule has 0 atom stereocenters. The van der Waals surface area contributed by atoms with Crippen LogP contribution in [0, 0.1) is 0 Å². The van der Waals surface area contributed by atoms with E-state index >= 15 is 0 Å². The van der Waals surface area contributed by atoms with E-state index in [9.17, 15) is 0 Å². The average Bonchev–Trinajstić information content (AvgIpc) is 2.76. The second-order valence-corrected chi connectivity index (χ2v) is 3.84. The minimum atomic E-state index is 0.0744. The van der Waals surface area contributed by atoms with E-state index < -0.39 is 0 Å². The van der Waals surface area contributed by atoms with Gasteiger partial charge in [-0.3, -0.25) is 4.68 Å². The van der Waals surface area contributed by atoms with E-state index in [0.717, 1.165) is 13.0 Å². The molecular formula is C10H13ClN6O. The molecule has 0 aliphatic rings. The highest BCUT2D eigenvalue weighted by atomic mass is 35.5. The summed E-state index contributed by atoms with van der Waals surface area (Å²) in [4.78, 5) is 11.8. The Labute approximate surface area is 109 Å². The first kappa shape index (κ1) is 12.6. The van der Waals surface area contributed by atoms with Crippen molar-refractivity contribution in [3.8, 4) is 11.8 Å². The molecule has 0 saturated heterocycles. The molecule has 18 heavy (non-hydrogen) atoms. The Hall–Kier alpha value is -1.89. The van der Waals surface area contributed by atoms with Crippen LogP contribution in [0.2, 0.25) is 5.28 Å². The predicted molar refractivity (Wildman–Crippen MR) is 67.0 cm³/mol. The first-order chi connectivity index (χ1) is 8.71. The first-order valence-electron chi connectivity index (χ1n) is 5.51. The van der Waals surface area contributed by atoms with Gasteiger partial charge in [-0.15, -0.1) is 0 Å². The monoisotopic (exact) mass is 268 g/mol. The van der Waals surface area contributed by atoms with Gasteiger partial charge in [0, 0.05) is 13.6 Å². The summed E-state index contributed by atoms with van der Waals surface area (Å²) in [5.41, 5.74) is 0. The van der Waals surface area contributed by atoms with Gasteiger partial charge in [0.2, 0.25) is 11.2 Å². The van der Waals surface area contributed by atoms with E-state index in [1.807, 2.05) is 0 Å². The number of aryl methyl sites for hydroxylation is 1. The molecule has 2 heterocycles. The number of aromatic nitrogens is 5. The molecule has 2 aromatic heterocycles. The Morgan fingerprint density at radius 3 is 2.94 bits per heavy atom. The topological polar surface area (TPSA) is 77.8 Å². The van der Waals surface area contributed by atoms with Gasteiger partial charge in [0.25, 0.3) is 0 Å². The van der Waals surface area contributed by atoms with Gasteiger partial charge >= 0.3 is 6.01 Å². The molecule has 0 unspecified atom stereocenters. The Bertz CT molecular complexity index is 529. The van der Waals surface area contributed by atoms with Crippen LogP contribution in [0.15, 0.2) is 12.4 Å². The zero-order chi connectivity index (χ0) is 13.0. The van der Waals surface area contributed by atoms with Crippen LogP contribution in [0.3, 0.4) is 0 Å². The smallest absolute Gasteiger partial charge is 0.328 e. The first-order valence-corrected chi connectivity index (χ1v) is 5.88. The lowest BCUT2D eigenvalue weighted by atomic mass is 10.5. The molecule has 0 fully saturated rings. The molecule has 0 saturated carbocycles. The van der Waals surface area contributed by atoms with Gasteiger partial charge < -0.3 is 10.1 Å². The van der Waals surface area contributed by atoms with Crippen molar-refractivity contribution >= 4 is 17.5 Å².